The van der Waals surface area contributed by atoms with Gasteiger partial charge >= 0.3 is 0 Å². The lowest BCUT2D eigenvalue weighted by Gasteiger charge is -1.92. The highest BCUT2D eigenvalue weighted by Gasteiger charge is 1.98. The van der Waals surface area contributed by atoms with E-state index in [9.17, 15) is 0 Å². The Bertz CT molecular complexity index is 396. The first-order valence-corrected chi connectivity index (χ1v) is 4.28. The Labute approximate surface area is 77.9 Å². The zero-order valence-corrected chi connectivity index (χ0v) is 8.01. The number of hydrogen-bond donors (Lipinski definition) is 1. The molecule has 0 radical (unpaired) electrons. The molecule has 2 heterocycles. The topological polar surface area (TPSA) is 17.8 Å². The summed E-state index contributed by atoms with van der Waals surface area (Å²) in [5.41, 5.74) is 0.886. The number of aromatic nitrogens is 2. The van der Waals surface area contributed by atoms with Crippen molar-refractivity contribution in [1.29, 1.82) is 0 Å². The summed E-state index contributed by atoms with van der Waals surface area (Å²) in [5, 5.41) is 1.09. The second kappa shape index (κ2) is 2.53. The molecule has 0 saturated carbocycles. The lowest BCUT2D eigenvalue weighted by molar-refractivity contribution is 1.26. The molecule has 2 nitrogen and oxygen atoms in total. The maximum absolute atomic E-state index is 4.18. The molecule has 11 heavy (non-hydrogen) atoms. The summed E-state index contributed by atoms with van der Waals surface area (Å²) >= 11 is 7.52. The monoisotopic (exact) mass is 228 g/mol. The van der Waals surface area contributed by atoms with E-state index in [1.165, 1.54) is 0 Å². The van der Waals surface area contributed by atoms with Crippen molar-refractivity contribution in [2.45, 2.75) is 0 Å². The Balaban J connectivity index is 2.86. The lowest BCUT2D eigenvalue weighted by Crippen LogP contribution is -1.80. The van der Waals surface area contributed by atoms with Gasteiger partial charge in [0, 0.05) is 22.3 Å². The van der Waals surface area contributed by atoms with Gasteiger partial charge in [-0.1, -0.05) is 12.8 Å². The molecule has 0 N–H and O–H groups in total. The zero-order chi connectivity index (χ0) is 7.84. The van der Waals surface area contributed by atoms with Crippen LogP contribution in [0.5, 0.6) is 0 Å². The minimum Gasteiger partial charge on any atom is -0.278 e. The average molecular weight is 229 g/mol. The smallest absolute Gasteiger partial charge is 0.149 e. The van der Waals surface area contributed by atoms with Crippen molar-refractivity contribution in [2.24, 2.45) is 0 Å². The van der Waals surface area contributed by atoms with Crippen LogP contribution in [0.4, 0.5) is 0 Å². The van der Waals surface area contributed by atoms with Crippen LogP contribution < -0.4 is 0 Å². The quantitative estimate of drug-likeness (QED) is 0.687. The van der Waals surface area contributed by atoms with E-state index in [0.717, 1.165) is 15.5 Å². The minimum atomic E-state index is 0.886. The Hall–Kier alpha value is -0.480. The summed E-state index contributed by atoms with van der Waals surface area (Å²) in [7, 11) is 0. The average Bonchev–Trinajstić information content (AvgIpc) is 2.32. The van der Waals surface area contributed by atoms with Gasteiger partial charge in [0.2, 0.25) is 0 Å². The molecule has 0 spiro atoms. The SMILES string of the molecule is Sn1ccc2cc(Br)cnc21. The molecule has 2 rings (SSSR count). The van der Waals surface area contributed by atoms with Crippen molar-refractivity contribution >= 4 is 39.8 Å². The van der Waals surface area contributed by atoms with Crippen molar-refractivity contribution in [3.05, 3.63) is 29.0 Å². The molecule has 2 aromatic heterocycles. The largest absolute Gasteiger partial charge is 0.278 e. The molecule has 0 aliphatic rings. The Kier molecular flexibility index (Phi) is 1.65. The highest BCUT2D eigenvalue weighted by molar-refractivity contribution is 9.10. The summed E-state index contributed by atoms with van der Waals surface area (Å²) < 4.78 is 2.69. The second-order valence-electron chi connectivity index (χ2n) is 2.23. The molecule has 0 unspecified atom stereocenters. The van der Waals surface area contributed by atoms with Gasteiger partial charge in [0.05, 0.1) is 0 Å². The Morgan fingerprint density at radius 1 is 1.55 bits per heavy atom. The van der Waals surface area contributed by atoms with Gasteiger partial charge in [0.15, 0.2) is 0 Å². The standard InChI is InChI=1S/C7H5BrN2S/c8-6-3-5-1-2-10(11)7(5)9-4-6/h1-4,11H. The first-order valence-electron chi connectivity index (χ1n) is 3.09. The first kappa shape index (κ1) is 7.18. The van der Waals surface area contributed by atoms with Crippen LogP contribution in [0.15, 0.2) is 29.0 Å². The third kappa shape index (κ3) is 1.16. The highest BCUT2D eigenvalue weighted by atomic mass is 79.9. The minimum absolute atomic E-state index is 0.886. The maximum Gasteiger partial charge on any atom is 0.149 e. The van der Waals surface area contributed by atoms with Gasteiger partial charge in [0.1, 0.15) is 5.65 Å². The van der Waals surface area contributed by atoms with Gasteiger partial charge in [-0.25, -0.2) is 4.98 Å². The second-order valence-corrected chi connectivity index (χ2v) is 3.57. The van der Waals surface area contributed by atoms with E-state index in [2.05, 4.69) is 33.7 Å². The Morgan fingerprint density at radius 3 is 3.18 bits per heavy atom. The summed E-state index contributed by atoms with van der Waals surface area (Å²) in [6, 6.07) is 3.98. The van der Waals surface area contributed by atoms with E-state index in [0.29, 0.717) is 0 Å². The number of halogens is 1. The molecular weight excluding hydrogens is 224 g/mol. The summed E-state index contributed by atoms with van der Waals surface area (Å²) in [6.45, 7) is 0. The lowest BCUT2D eigenvalue weighted by atomic mass is 10.3. The molecule has 0 aliphatic carbocycles. The van der Waals surface area contributed by atoms with Gasteiger partial charge in [-0.05, 0) is 28.1 Å². The molecule has 0 saturated heterocycles. The fourth-order valence-electron chi connectivity index (χ4n) is 0.983. The van der Waals surface area contributed by atoms with Crippen molar-refractivity contribution in [3.63, 3.8) is 0 Å². The molecule has 2 aromatic rings. The van der Waals surface area contributed by atoms with Crippen LogP contribution in [0.3, 0.4) is 0 Å². The van der Waals surface area contributed by atoms with Crippen molar-refractivity contribution in [2.75, 3.05) is 0 Å². The molecule has 0 fully saturated rings. The Morgan fingerprint density at radius 2 is 2.36 bits per heavy atom. The molecule has 0 aliphatic heterocycles. The van der Waals surface area contributed by atoms with Crippen LogP contribution in [0, 0.1) is 0 Å². The predicted molar refractivity (Wildman–Crippen MR) is 51.8 cm³/mol. The van der Waals surface area contributed by atoms with Gasteiger partial charge in [-0.2, -0.15) is 0 Å². The van der Waals surface area contributed by atoms with Gasteiger partial charge in [-0.3, -0.25) is 3.97 Å². The number of nitrogens with zero attached hydrogens (tertiary/aromatic N) is 2. The van der Waals surface area contributed by atoms with Crippen LogP contribution in [0.1, 0.15) is 0 Å². The van der Waals surface area contributed by atoms with Gasteiger partial charge < -0.3 is 0 Å². The van der Waals surface area contributed by atoms with Gasteiger partial charge in [-0.15, -0.1) is 0 Å². The molecule has 0 bridgehead atoms. The van der Waals surface area contributed by atoms with E-state index in [4.69, 9.17) is 0 Å². The molecule has 56 valence electrons. The van der Waals surface area contributed by atoms with E-state index in [1.807, 2.05) is 18.3 Å². The molecule has 0 atom stereocenters. The van der Waals surface area contributed by atoms with Crippen LogP contribution in [0.25, 0.3) is 11.0 Å². The first-order chi connectivity index (χ1) is 5.27. The third-order valence-corrected chi connectivity index (χ3v) is 2.23. The van der Waals surface area contributed by atoms with Crippen LogP contribution in [-0.4, -0.2) is 8.96 Å². The third-order valence-electron chi connectivity index (χ3n) is 1.47. The van der Waals surface area contributed by atoms with Crippen LogP contribution in [0.2, 0.25) is 0 Å². The van der Waals surface area contributed by atoms with E-state index in [1.54, 1.807) is 10.2 Å². The van der Waals surface area contributed by atoms with E-state index in [-0.39, 0.29) is 0 Å². The number of pyridine rings is 1. The van der Waals surface area contributed by atoms with Crippen LogP contribution in [-0.2, 0) is 0 Å². The summed E-state index contributed by atoms with van der Waals surface area (Å²) in [6.07, 6.45) is 3.63. The summed E-state index contributed by atoms with van der Waals surface area (Å²) in [5.74, 6) is 0. The van der Waals surface area contributed by atoms with Gasteiger partial charge in [0.25, 0.3) is 0 Å². The van der Waals surface area contributed by atoms with Crippen molar-refractivity contribution < 1.29 is 0 Å². The molecular formula is C7H5BrN2S. The maximum atomic E-state index is 4.18. The molecule has 0 amide bonds. The normalized spacial score (nSPS) is 10.7. The van der Waals surface area contributed by atoms with E-state index < -0.39 is 0 Å². The molecule has 0 aromatic carbocycles. The predicted octanol–water partition coefficient (Wildman–Crippen LogP) is 2.49. The molecule has 4 heteroatoms. The number of thiol groups is 1. The zero-order valence-electron chi connectivity index (χ0n) is 5.53. The van der Waals surface area contributed by atoms with Crippen LogP contribution >= 0.6 is 28.7 Å². The number of rotatable bonds is 0. The van der Waals surface area contributed by atoms with Crippen molar-refractivity contribution in [1.82, 2.24) is 8.96 Å². The number of fused-ring (bicyclic) bond motifs is 1. The fourth-order valence-corrected chi connectivity index (χ4v) is 1.57. The summed E-state index contributed by atoms with van der Waals surface area (Å²) in [4.78, 5) is 4.18. The van der Waals surface area contributed by atoms with Crippen molar-refractivity contribution in [3.8, 4) is 0 Å². The van der Waals surface area contributed by atoms with E-state index >= 15 is 0 Å². The highest BCUT2D eigenvalue weighted by Crippen LogP contribution is 2.18. The number of hydrogen-bond acceptors (Lipinski definition) is 2. The fraction of sp³-hybridized carbons (Fsp3) is 0.